The van der Waals surface area contributed by atoms with Gasteiger partial charge in [-0.2, -0.15) is 0 Å². The van der Waals surface area contributed by atoms with Gasteiger partial charge in [-0.3, -0.25) is 4.99 Å². The van der Waals surface area contributed by atoms with Gasteiger partial charge in [-0.1, -0.05) is 11.6 Å². The van der Waals surface area contributed by atoms with Gasteiger partial charge in [0.15, 0.2) is 0 Å². The molecule has 1 unspecified atom stereocenters. The number of nitrogens with zero attached hydrogens (tertiary/aromatic N) is 1. The van der Waals surface area contributed by atoms with E-state index in [0.717, 1.165) is 13.1 Å². The molecule has 0 spiro atoms. The zero-order valence-corrected chi connectivity index (χ0v) is 6.01. The zero-order chi connectivity index (χ0) is 6.81. The van der Waals surface area contributed by atoms with Crippen molar-refractivity contribution < 1.29 is 0 Å². The van der Waals surface area contributed by atoms with Crippen molar-refractivity contribution >= 4 is 6.21 Å². The molecule has 0 aromatic rings. The number of dihydropyridines is 1. The lowest BCUT2D eigenvalue weighted by Crippen LogP contribution is -2.38. The molecule has 10 heavy (non-hydrogen) atoms. The second-order valence-corrected chi connectivity index (χ2v) is 2.83. The number of aliphatic imine (C=N–C) groups is 1. The first-order chi connectivity index (χ1) is 4.97. The van der Waals surface area contributed by atoms with E-state index in [-0.39, 0.29) is 0 Å². The quantitative estimate of drug-likeness (QED) is 0.488. The van der Waals surface area contributed by atoms with Crippen molar-refractivity contribution in [3.05, 3.63) is 11.6 Å². The molecule has 0 amide bonds. The number of fused-ring (bicyclic) bond motifs is 1. The molecule has 54 valence electrons. The van der Waals surface area contributed by atoms with Crippen LogP contribution >= 0.6 is 0 Å². The van der Waals surface area contributed by atoms with Crippen molar-refractivity contribution in [1.82, 2.24) is 5.32 Å². The average Bonchev–Trinajstić information content (AvgIpc) is 2.05. The molecule has 2 aliphatic heterocycles. The average molecular weight is 136 g/mol. The van der Waals surface area contributed by atoms with E-state index < -0.39 is 0 Å². The maximum Gasteiger partial charge on any atom is 0.0636 e. The Balaban J connectivity index is 2.13. The number of hydrogen-bond donors (Lipinski definition) is 1. The van der Waals surface area contributed by atoms with Crippen LogP contribution in [0.15, 0.2) is 16.6 Å². The Labute approximate surface area is 61.0 Å². The van der Waals surface area contributed by atoms with E-state index >= 15 is 0 Å². The van der Waals surface area contributed by atoms with E-state index in [0.29, 0.717) is 6.04 Å². The molecule has 1 N–H and O–H groups in total. The van der Waals surface area contributed by atoms with Crippen molar-refractivity contribution in [2.45, 2.75) is 18.9 Å². The number of rotatable bonds is 0. The molecule has 0 aliphatic carbocycles. The van der Waals surface area contributed by atoms with Crippen molar-refractivity contribution in [2.24, 2.45) is 4.99 Å². The van der Waals surface area contributed by atoms with Gasteiger partial charge in [-0.05, 0) is 19.4 Å². The standard InChI is InChI=1S/C8H12N2/c1-2-7-3-5-9-6-8(7)10-4-1/h3,6,8,10H,1-2,4-5H2. The van der Waals surface area contributed by atoms with Gasteiger partial charge < -0.3 is 5.32 Å². The van der Waals surface area contributed by atoms with Gasteiger partial charge in [-0.15, -0.1) is 0 Å². The molecule has 2 rings (SSSR count). The summed E-state index contributed by atoms with van der Waals surface area (Å²) in [5, 5.41) is 3.40. The molecule has 1 fully saturated rings. The third-order valence-corrected chi connectivity index (χ3v) is 2.12. The van der Waals surface area contributed by atoms with Crippen LogP contribution in [-0.4, -0.2) is 25.3 Å². The predicted octanol–water partition coefficient (Wildman–Crippen LogP) is 0.749. The third-order valence-electron chi connectivity index (χ3n) is 2.12. The van der Waals surface area contributed by atoms with E-state index in [1.165, 1.54) is 12.8 Å². The molecule has 0 radical (unpaired) electrons. The van der Waals surface area contributed by atoms with E-state index in [1.807, 2.05) is 6.21 Å². The van der Waals surface area contributed by atoms with E-state index in [4.69, 9.17) is 0 Å². The molecule has 2 aliphatic rings. The molecule has 0 aromatic carbocycles. The molecular weight excluding hydrogens is 124 g/mol. The minimum absolute atomic E-state index is 0.475. The summed E-state index contributed by atoms with van der Waals surface area (Å²) < 4.78 is 0. The first-order valence-electron chi connectivity index (χ1n) is 3.89. The molecule has 2 heteroatoms. The smallest absolute Gasteiger partial charge is 0.0636 e. The fourth-order valence-electron chi connectivity index (χ4n) is 1.55. The van der Waals surface area contributed by atoms with Crippen LogP contribution in [0.2, 0.25) is 0 Å². The van der Waals surface area contributed by atoms with Crippen molar-refractivity contribution in [3.63, 3.8) is 0 Å². The lowest BCUT2D eigenvalue weighted by Gasteiger charge is -2.25. The van der Waals surface area contributed by atoms with Gasteiger partial charge in [0.05, 0.1) is 12.6 Å². The second kappa shape index (κ2) is 2.54. The molecule has 1 atom stereocenters. The van der Waals surface area contributed by atoms with Crippen LogP contribution in [0.25, 0.3) is 0 Å². The molecule has 1 saturated heterocycles. The predicted molar refractivity (Wildman–Crippen MR) is 42.5 cm³/mol. The Morgan fingerprint density at radius 2 is 2.60 bits per heavy atom. The lowest BCUT2D eigenvalue weighted by atomic mass is 9.97. The minimum Gasteiger partial charge on any atom is -0.306 e. The topological polar surface area (TPSA) is 24.4 Å². The molecule has 2 nitrogen and oxygen atoms in total. The summed E-state index contributed by atoms with van der Waals surface area (Å²) in [5.74, 6) is 0. The summed E-state index contributed by atoms with van der Waals surface area (Å²) in [6.07, 6.45) is 6.84. The highest BCUT2D eigenvalue weighted by atomic mass is 14.9. The van der Waals surface area contributed by atoms with Crippen molar-refractivity contribution in [3.8, 4) is 0 Å². The SMILES string of the molecule is C1=NCC=C2CCCNC12. The van der Waals surface area contributed by atoms with Crippen LogP contribution in [-0.2, 0) is 0 Å². The van der Waals surface area contributed by atoms with Gasteiger partial charge in [0.25, 0.3) is 0 Å². The Morgan fingerprint density at radius 3 is 3.50 bits per heavy atom. The van der Waals surface area contributed by atoms with Crippen LogP contribution in [0.5, 0.6) is 0 Å². The number of nitrogens with one attached hydrogen (secondary N) is 1. The maximum atomic E-state index is 4.20. The van der Waals surface area contributed by atoms with Crippen LogP contribution in [0, 0.1) is 0 Å². The monoisotopic (exact) mass is 136 g/mol. The maximum absolute atomic E-state index is 4.20. The Morgan fingerprint density at radius 1 is 1.60 bits per heavy atom. The molecular formula is C8H12N2. The summed E-state index contributed by atoms with van der Waals surface area (Å²) in [4.78, 5) is 4.20. The second-order valence-electron chi connectivity index (χ2n) is 2.83. The van der Waals surface area contributed by atoms with Crippen LogP contribution in [0.4, 0.5) is 0 Å². The van der Waals surface area contributed by atoms with Gasteiger partial charge in [0, 0.05) is 6.21 Å². The Hall–Kier alpha value is -0.630. The highest BCUT2D eigenvalue weighted by Gasteiger charge is 2.16. The molecule has 0 bridgehead atoms. The zero-order valence-electron chi connectivity index (χ0n) is 6.01. The van der Waals surface area contributed by atoms with Crippen LogP contribution < -0.4 is 5.32 Å². The fourth-order valence-corrected chi connectivity index (χ4v) is 1.55. The first kappa shape index (κ1) is 6.10. The van der Waals surface area contributed by atoms with Gasteiger partial charge in [0.1, 0.15) is 0 Å². The Bertz CT molecular complexity index is 182. The Kier molecular flexibility index (Phi) is 1.55. The summed E-state index contributed by atoms with van der Waals surface area (Å²) in [5.41, 5.74) is 1.54. The van der Waals surface area contributed by atoms with Crippen molar-refractivity contribution in [2.75, 3.05) is 13.1 Å². The fraction of sp³-hybridized carbons (Fsp3) is 0.625. The molecule has 0 saturated carbocycles. The summed E-state index contributed by atoms with van der Waals surface area (Å²) in [6.45, 7) is 2.04. The number of hydrogen-bond acceptors (Lipinski definition) is 2. The highest BCUT2D eigenvalue weighted by molar-refractivity contribution is 5.71. The summed E-state index contributed by atoms with van der Waals surface area (Å²) >= 11 is 0. The largest absolute Gasteiger partial charge is 0.306 e. The molecule has 0 aromatic heterocycles. The highest BCUT2D eigenvalue weighted by Crippen LogP contribution is 2.15. The van der Waals surface area contributed by atoms with E-state index in [9.17, 15) is 0 Å². The molecule has 2 heterocycles. The van der Waals surface area contributed by atoms with E-state index in [1.54, 1.807) is 5.57 Å². The third kappa shape index (κ3) is 0.991. The lowest BCUT2D eigenvalue weighted by molar-refractivity contribution is 0.562. The minimum atomic E-state index is 0.475. The van der Waals surface area contributed by atoms with Crippen molar-refractivity contribution in [1.29, 1.82) is 0 Å². The van der Waals surface area contributed by atoms with Crippen LogP contribution in [0.3, 0.4) is 0 Å². The van der Waals surface area contributed by atoms with Gasteiger partial charge in [0.2, 0.25) is 0 Å². The summed E-state index contributed by atoms with van der Waals surface area (Å²) in [7, 11) is 0. The van der Waals surface area contributed by atoms with Crippen LogP contribution in [0.1, 0.15) is 12.8 Å². The first-order valence-corrected chi connectivity index (χ1v) is 3.89. The summed E-state index contributed by atoms with van der Waals surface area (Å²) in [6, 6.07) is 0.475. The normalized spacial score (nSPS) is 31.2. The van der Waals surface area contributed by atoms with Gasteiger partial charge in [-0.25, -0.2) is 0 Å². The van der Waals surface area contributed by atoms with E-state index in [2.05, 4.69) is 16.4 Å². The van der Waals surface area contributed by atoms with Gasteiger partial charge >= 0.3 is 0 Å². The number of piperidine rings is 1.